The van der Waals surface area contributed by atoms with Crippen LogP contribution in [0.2, 0.25) is 0 Å². The third-order valence-electron chi connectivity index (χ3n) is 4.47. The lowest BCUT2D eigenvalue weighted by Gasteiger charge is -2.43. The van der Waals surface area contributed by atoms with Crippen LogP contribution in [-0.4, -0.2) is 29.1 Å². The van der Waals surface area contributed by atoms with E-state index in [1.165, 1.54) is 12.0 Å². The number of carboxylic acid groups (broad SMARTS) is 1. The number of carbonyl (C=O) groups is 1. The van der Waals surface area contributed by atoms with Gasteiger partial charge in [0.05, 0.1) is 5.92 Å². The molecule has 0 atom stereocenters. The molecule has 1 N–H and O–H groups in total. The fourth-order valence-electron chi connectivity index (χ4n) is 3.50. The molecule has 1 heterocycles. The van der Waals surface area contributed by atoms with Gasteiger partial charge in [0.1, 0.15) is 0 Å². The molecule has 1 spiro atoms. The predicted molar refractivity (Wildman–Crippen MR) is 69.1 cm³/mol. The fourth-order valence-corrected chi connectivity index (χ4v) is 3.50. The third-order valence-corrected chi connectivity index (χ3v) is 4.47. The molecule has 3 rings (SSSR count). The summed E-state index contributed by atoms with van der Waals surface area (Å²) in [5.74, 6) is -0.691. The second-order valence-electron chi connectivity index (χ2n) is 5.89. The smallest absolute Gasteiger partial charge is 0.306 e. The Bertz CT molecular complexity index is 437. The first-order valence-electron chi connectivity index (χ1n) is 6.66. The molecule has 0 amide bonds. The summed E-state index contributed by atoms with van der Waals surface area (Å²) >= 11 is 0. The van der Waals surface area contributed by atoms with E-state index in [0.29, 0.717) is 5.41 Å². The molecule has 1 saturated carbocycles. The molecule has 0 radical (unpaired) electrons. The van der Waals surface area contributed by atoms with Gasteiger partial charge in [-0.05, 0) is 36.8 Å². The van der Waals surface area contributed by atoms with Crippen molar-refractivity contribution in [2.45, 2.75) is 25.8 Å². The Hall–Kier alpha value is -1.35. The van der Waals surface area contributed by atoms with E-state index in [2.05, 4.69) is 29.2 Å². The average molecular weight is 245 g/mol. The molecular weight excluding hydrogens is 226 g/mol. The van der Waals surface area contributed by atoms with Gasteiger partial charge in [-0.3, -0.25) is 9.69 Å². The second-order valence-corrected chi connectivity index (χ2v) is 5.89. The second kappa shape index (κ2) is 4.39. The number of benzene rings is 1. The van der Waals surface area contributed by atoms with Gasteiger partial charge in [0, 0.05) is 13.1 Å². The molecule has 96 valence electrons. The molecule has 2 fully saturated rings. The van der Waals surface area contributed by atoms with Gasteiger partial charge in [0.2, 0.25) is 0 Å². The van der Waals surface area contributed by atoms with Crippen LogP contribution in [-0.2, 0) is 11.3 Å². The molecule has 1 aromatic rings. The Kier molecular flexibility index (Phi) is 2.86. The molecule has 3 heteroatoms. The zero-order valence-electron chi connectivity index (χ0n) is 10.5. The number of nitrogens with zero attached hydrogens (tertiary/aromatic N) is 1. The van der Waals surface area contributed by atoms with Crippen LogP contribution in [0.15, 0.2) is 30.3 Å². The van der Waals surface area contributed by atoms with Crippen LogP contribution >= 0.6 is 0 Å². The maximum Gasteiger partial charge on any atom is 0.306 e. The minimum Gasteiger partial charge on any atom is -0.481 e. The van der Waals surface area contributed by atoms with E-state index >= 15 is 0 Å². The van der Waals surface area contributed by atoms with E-state index in [1.807, 2.05) is 6.07 Å². The normalized spacial score (nSPS) is 31.4. The van der Waals surface area contributed by atoms with Gasteiger partial charge in [0.25, 0.3) is 0 Å². The highest BCUT2D eigenvalue weighted by Crippen LogP contribution is 2.51. The summed E-state index contributed by atoms with van der Waals surface area (Å²) in [7, 11) is 0. The zero-order chi connectivity index (χ0) is 12.6. The number of likely N-dealkylation sites (tertiary alicyclic amines) is 1. The van der Waals surface area contributed by atoms with Crippen LogP contribution < -0.4 is 0 Å². The van der Waals surface area contributed by atoms with E-state index in [-0.39, 0.29) is 5.92 Å². The van der Waals surface area contributed by atoms with Crippen LogP contribution in [0.1, 0.15) is 24.8 Å². The molecule has 18 heavy (non-hydrogen) atoms. The molecule has 3 nitrogen and oxygen atoms in total. The first kappa shape index (κ1) is 11.7. The topological polar surface area (TPSA) is 40.5 Å². The summed E-state index contributed by atoms with van der Waals surface area (Å²) in [6, 6.07) is 10.5. The summed E-state index contributed by atoms with van der Waals surface area (Å²) in [5, 5.41) is 8.96. The van der Waals surface area contributed by atoms with Crippen LogP contribution in [0.25, 0.3) is 0 Å². The van der Waals surface area contributed by atoms with Crippen LogP contribution in [0, 0.1) is 11.3 Å². The van der Waals surface area contributed by atoms with Gasteiger partial charge in [-0.25, -0.2) is 0 Å². The molecule has 1 aromatic carbocycles. The number of carboxylic acids is 1. The Morgan fingerprint density at radius 1 is 1.33 bits per heavy atom. The number of hydrogen-bond acceptors (Lipinski definition) is 2. The van der Waals surface area contributed by atoms with Crippen molar-refractivity contribution in [3.63, 3.8) is 0 Å². The van der Waals surface area contributed by atoms with Gasteiger partial charge < -0.3 is 5.11 Å². The summed E-state index contributed by atoms with van der Waals surface area (Å²) in [6.45, 7) is 3.19. The average Bonchev–Trinajstić information content (AvgIpc) is 2.72. The van der Waals surface area contributed by atoms with E-state index in [1.54, 1.807) is 0 Å². The predicted octanol–water partition coefficient (Wildman–Crippen LogP) is 2.37. The first-order valence-corrected chi connectivity index (χ1v) is 6.66. The SMILES string of the molecule is O=C(O)C1CC2(CCN(Cc3ccccc3)C2)C1. The van der Waals surface area contributed by atoms with Crippen LogP contribution in [0.4, 0.5) is 0 Å². The summed E-state index contributed by atoms with van der Waals surface area (Å²) in [5.41, 5.74) is 1.67. The van der Waals surface area contributed by atoms with Crippen molar-refractivity contribution < 1.29 is 9.90 Å². The molecule has 1 aliphatic heterocycles. The summed E-state index contributed by atoms with van der Waals surface area (Å²) in [4.78, 5) is 13.3. The molecule has 1 aliphatic carbocycles. The van der Waals surface area contributed by atoms with Gasteiger partial charge in [-0.1, -0.05) is 30.3 Å². The van der Waals surface area contributed by atoms with Crippen molar-refractivity contribution in [2.24, 2.45) is 11.3 Å². The summed E-state index contributed by atoms with van der Waals surface area (Å²) < 4.78 is 0. The lowest BCUT2D eigenvalue weighted by atomic mass is 9.61. The highest BCUT2D eigenvalue weighted by Gasteiger charge is 2.50. The van der Waals surface area contributed by atoms with E-state index in [0.717, 1.165) is 32.5 Å². The standard InChI is InChI=1S/C15H19NO2/c17-14(18)13-8-15(9-13)6-7-16(11-15)10-12-4-2-1-3-5-12/h1-5,13H,6-11H2,(H,17,18). The summed E-state index contributed by atoms with van der Waals surface area (Å²) in [6.07, 6.45) is 2.94. The number of rotatable bonds is 3. The van der Waals surface area contributed by atoms with Crippen molar-refractivity contribution in [3.05, 3.63) is 35.9 Å². The fraction of sp³-hybridized carbons (Fsp3) is 0.533. The Morgan fingerprint density at radius 3 is 2.72 bits per heavy atom. The Morgan fingerprint density at radius 2 is 2.06 bits per heavy atom. The molecule has 1 saturated heterocycles. The minimum atomic E-state index is -0.609. The molecular formula is C15H19NO2. The minimum absolute atomic E-state index is 0.0818. The van der Waals surface area contributed by atoms with Crippen molar-refractivity contribution in [1.29, 1.82) is 0 Å². The highest BCUT2D eigenvalue weighted by molar-refractivity contribution is 5.71. The van der Waals surface area contributed by atoms with Gasteiger partial charge in [0.15, 0.2) is 0 Å². The van der Waals surface area contributed by atoms with Crippen molar-refractivity contribution in [1.82, 2.24) is 4.90 Å². The van der Waals surface area contributed by atoms with Crippen molar-refractivity contribution in [3.8, 4) is 0 Å². The van der Waals surface area contributed by atoms with Crippen LogP contribution in [0.3, 0.4) is 0 Å². The first-order chi connectivity index (χ1) is 8.67. The van der Waals surface area contributed by atoms with Gasteiger partial charge >= 0.3 is 5.97 Å². The number of aliphatic carboxylic acids is 1. The van der Waals surface area contributed by atoms with Gasteiger partial charge in [-0.15, -0.1) is 0 Å². The Labute approximate surface area is 107 Å². The van der Waals surface area contributed by atoms with E-state index in [4.69, 9.17) is 5.11 Å². The highest BCUT2D eigenvalue weighted by atomic mass is 16.4. The largest absolute Gasteiger partial charge is 0.481 e. The Balaban J connectivity index is 1.55. The van der Waals surface area contributed by atoms with Crippen molar-refractivity contribution >= 4 is 5.97 Å². The molecule has 2 aliphatic rings. The molecule has 0 unspecified atom stereocenters. The maximum absolute atomic E-state index is 10.9. The van der Waals surface area contributed by atoms with E-state index in [9.17, 15) is 4.79 Å². The monoisotopic (exact) mass is 245 g/mol. The zero-order valence-corrected chi connectivity index (χ0v) is 10.5. The van der Waals surface area contributed by atoms with Gasteiger partial charge in [-0.2, -0.15) is 0 Å². The lowest BCUT2D eigenvalue weighted by Crippen LogP contribution is -2.42. The number of hydrogen-bond donors (Lipinski definition) is 1. The third kappa shape index (κ3) is 2.15. The van der Waals surface area contributed by atoms with Crippen LogP contribution in [0.5, 0.6) is 0 Å². The molecule has 0 bridgehead atoms. The molecule has 0 aromatic heterocycles. The van der Waals surface area contributed by atoms with E-state index < -0.39 is 5.97 Å². The quantitative estimate of drug-likeness (QED) is 0.888. The van der Waals surface area contributed by atoms with Crippen molar-refractivity contribution in [2.75, 3.05) is 13.1 Å². The maximum atomic E-state index is 10.9. The lowest BCUT2D eigenvalue weighted by molar-refractivity contribution is -0.149.